The fourth-order valence-electron chi connectivity index (χ4n) is 3.47. The number of nitrogens with zero attached hydrogens (tertiary/aromatic N) is 3. The fourth-order valence-corrected chi connectivity index (χ4v) is 3.47. The molecule has 1 saturated carbocycles. The lowest BCUT2D eigenvalue weighted by molar-refractivity contribution is 0.561. The smallest absolute Gasteiger partial charge is 0.0991 e. The molecule has 2 atom stereocenters. The Morgan fingerprint density at radius 3 is 3.21 bits per heavy atom. The molecular weight excluding hydrogens is 298 g/mol. The molecule has 0 aliphatic heterocycles. The van der Waals surface area contributed by atoms with E-state index in [1.54, 1.807) is 0 Å². The Hall–Kier alpha value is -2.58. The topological polar surface area (TPSA) is 69.4 Å². The van der Waals surface area contributed by atoms with Crippen LogP contribution in [0.25, 0.3) is 10.9 Å². The van der Waals surface area contributed by atoms with Crippen molar-refractivity contribution in [3.05, 3.63) is 54.2 Å². The molecule has 1 aliphatic rings. The molecular formula is C19H21N5. The van der Waals surface area contributed by atoms with Gasteiger partial charge >= 0.3 is 0 Å². The molecule has 5 nitrogen and oxygen atoms in total. The van der Waals surface area contributed by atoms with E-state index in [0.29, 0.717) is 11.8 Å². The molecule has 0 unspecified atom stereocenters. The minimum atomic E-state index is 0.619. The molecule has 0 saturated heterocycles. The van der Waals surface area contributed by atoms with Crippen LogP contribution in [-0.2, 0) is 6.54 Å². The first-order valence-electron chi connectivity index (χ1n) is 8.53. The maximum Gasteiger partial charge on any atom is 0.0991 e. The van der Waals surface area contributed by atoms with Crippen LogP contribution in [0.1, 0.15) is 29.9 Å². The van der Waals surface area contributed by atoms with Crippen LogP contribution in [0.2, 0.25) is 0 Å². The monoisotopic (exact) mass is 319 g/mol. The normalized spacial score (nSPS) is 19.5. The molecule has 5 heteroatoms. The minimum absolute atomic E-state index is 0.619. The van der Waals surface area contributed by atoms with Gasteiger partial charge in [-0.2, -0.15) is 5.26 Å². The van der Waals surface area contributed by atoms with Gasteiger partial charge in [0.15, 0.2) is 0 Å². The number of aromatic amines is 1. The molecule has 1 aromatic carbocycles. The van der Waals surface area contributed by atoms with Gasteiger partial charge in [0, 0.05) is 36.0 Å². The Labute approximate surface area is 141 Å². The van der Waals surface area contributed by atoms with Crippen LogP contribution in [-0.4, -0.2) is 27.6 Å². The number of H-pyrrole nitrogens is 1. The second-order valence-corrected chi connectivity index (χ2v) is 6.58. The zero-order chi connectivity index (χ0) is 16.4. The molecule has 1 aliphatic carbocycles. The molecule has 1 fully saturated rings. The van der Waals surface area contributed by atoms with E-state index in [0.717, 1.165) is 37.1 Å². The Morgan fingerprint density at radius 1 is 1.42 bits per heavy atom. The van der Waals surface area contributed by atoms with Gasteiger partial charge in [0.2, 0.25) is 0 Å². The first-order chi connectivity index (χ1) is 11.8. The SMILES string of the molecule is N#Cc1ccc2[nH]cc([C@@H]3C[C@H]3CNCCCn3ccnc3)c2c1. The van der Waals surface area contributed by atoms with Crippen molar-refractivity contribution in [1.29, 1.82) is 5.26 Å². The number of rotatable bonds is 7. The molecule has 0 radical (unpaired) electrons. The zero-order valence-electron chi connectivity index (χ0n) is 13.6. The number of hydrogen-bond donors (Lipinski definition) is 2. The van der Waals surface area contributed by atoms with Crippen molar-refractivity contribution in [2.24, 2.45) is 5.92 Å². The van der Waals surface area contributed by atoms with Gasteiger partial charge in [0.05, 0.1) is 18.0 Å². The maximum absolute atomic E-state index is 9.09. The summed E-state index contributed by atoms with van der Waals surface area (Å²) in [7, 11) is 0. The van der Waals surface area contributed by atoms with Gasteiger partial charge in [-0.05, 0) is 61.5 Å². The highest BCUT2D eigenvalue weighted by molar-refractivity contribution is 5.85. The summed E-state index contributed by atoms with van der Waals surface area (Å²) in [6, 6.07) is 8.12. The number of aryl methyl sites for hydroxylation is 1. The molecule has 122 valence electrons. The summed E-state index contributed by atoms with van der Waals surface area (Å²) >= 11 is 0. The van der Waals surface area contributed by atoms with E-state index < -0.39 is 0 Å². The highest BCUT2D eigenvalue weighted by atomic mass is 15.0. The third kappa shape index (κ3) is 3.06. The van der Waals surface area contributed by atoms with Crippen molar-refractivity contribution < 1.29 is 0 Å². The molecule has 4 rings (SSSR count). The van der Waals surface area contributed by atoms with Crippen molar-refractivity contribution in [1.82, 2.24) is 19.9 Å². The molecule has 3 aromatic rings. The lowest BCUT2D eigenvalue weighted by Gasteiger charge is -2.05. The van der Waals surface area contributed by atoms with Gasteiger partial charge in [0.25, 0.3) is 0 Å². The first kappa shape index (κ1) is 15.0. The Bertz CT molecular complexity index is 856. The van der Waals surface area contributed by atoms with Crippen LogP contribution >= 0.6 is 0 Å². The molecule has 0 spiro atoms. The molecule has 0 amide bonds. The second kappa shape index (κ2) is 6.50. The predicted molar refractivity (Wildman–Crippen MR) is 93.6 cm³/mol. The maximum atomic E-state index is 9.09. The van der Waals surface area contributed by atoms with E-state index in [1.165, 1.54) is 17.4 Å². The fraction of sp³-hybridized carbons (Fsp3) is 0.368. The Balaban J connectivity index is 1.28. The van der Waals surface area contributed by atoms with Crippen LogP contribution in [0.15, 0.2) is 43.1 Å². The first-order valence-corrected chi connectivity index (χ1v) is 8.53. The largest absolute Gasteiger partial charge is 0.361 e. The summed E-state index contributed by atoms with van der Waals surface area (Å²) in [6.45, 7) is 3.12. The van der Waals surface area contributed by atoms with Crippen molar-refractivity contribution in [2.75, 3.05) is 13.1 Å². The van der Waals surface area contributed by atoms with E-state index in [2.05, 4.69) is 32.1 Å². The summed E-state index contributed by atoms with van der Waals surface area (Å²) in [6.07, 6.45) is 10.2. The number of hydrogen-bond acceptors (Lipinski definition) is 3. The third-order valence-electron chi connectivity index (χ3n) is 4.90. The van der Waals surface area contributed by atoms with Crippen LogP contribution in [0, 0.1) is 17.2 Å². The average Bonchev–Trinajstić information content (AvgIpc) is 3.01. The summed E-state index contributed by atoms with van der Waals surface area (Å²) in [5, 5.41) is 13.9. The highest BCUT2D eigenvalue weighted by Gasteiger charge is 2.39. The van der Waals surface area contributed by atoms with Gasteiger partial charge in [-0.3, -0.25) is 0 Å². The molecule has 2 heterocycles. The van der Waals surface area contributed by atoms with Crippen LogP contribution in [0.5, 0.6) is 0 Å². The highest BCUT2D eigenvalue weighted by Crippen LogP contribution is 2.49. The van der Waals surface area contributed by atoms with E-state index in [9.17, 15) is 0 Å². The zero-order valence-corrected chi connectivity index (χ0v) is 13.6. The van der Waals surface area contributed by atoms with Gasteiger partial charge < -0.3 is 14.9 Å². The molecule has 2 N–H and O–H groups in total. The average molecular weight is 319 g/mol. The third-order valence-corrected chi connectivity index (χ3v) is 4.90. The van der Waals surface area contributed by atoms with E-state index in [-0.39, 0.29) is 0 Å². The summed E-state index contributed by atoms with van der Waals surface area (Å²) in [5.74, 6) is 1.33. The Kier molecular flexibility index (Phi) is 4.06. The van der Waals surface area contributed by atoms with Gasteiger partial charge in [-0.15, -0.1) is 0 Å². The second-order valence-electron chi connectivity index (χ2n) is 6.58. The lowest BCUT2D eigenvalue weighted by Crippen LogP contribution is -2.19. The number of benzene rings is 1. The standard InChI is InChI=1S/C19H21N5/c20-10-14-2-3-19-17(8-14)18(12-23-19)16-9-15(16)11-21-4-1-6-24-7-5-22-13-24/h2-3,5,7-8,12-13,15-16,21,23H,1,4,6,9,11H2/t15-,16+/m0/s1. The van der Waals surface area contributed by atoms with E-state index >= 15 is 0 Å². The van der Waals surface area contributed by atoms with Crippen LogP contribution in [0.4, 0.5) is 0 Å². The number of aromatic nitrogens is 3. The summed E-state index contributed by atoms with van der Waals surface area (Å²) in [5.41, 5.74) is 3.23. The molecule has 24 heavy (non-hydrogen) atoms. The minimum Gasteiger partial charge on any atom is -0.361 e. The summed E-state index contributed by atoms with van der Waals surface area (Å²) < 4.78 is 2.11. The van der Waals surface area contributed by atoms with Crippen LogP contribution < -0.4 is 5.32 Å². The Morgan fingerprint density at radius 2 is 2.38 bits per heavy atom. The van der Waals surface area contributed by atoms with Gasteiger partial charge in [-0.1, -0.05) is 0 Å². The number of nitriles is 1. The number of imidazole rings is 1. The van der Waals surface area contributed by atoms with E-state index in [4.69, 9.17) is 5.26 Å². The summed E-state index contributed by atoms with van der Waals surface area (Å²) in [4.78, 5) is 7.39. The van der Waals surface area contributed by atoms with E-state index in [1.807, 2.05) is 36.9 Å². The molecule has 2 aromatic heterocycles. The number of nitrogens with one attached hydrogen (secondary N) is 2. The van der Waals surface area contributed by atoms with Crippen molar-refractivity contribution >= 4 is 10.9 Å². The quantitative estimate of drug-likeness (QED) is 0.658. The van der Waals surface area contributed by atoms with Crippen molar-refractivity contribution in [2.45, 2.75) is 25.3 Å². The van der Waals surface area contributed by atoms with Gasteiger partial charge in [-0.25, -0.2) is 4.98 Å². The number of fused-ring (bicyclic) bond motifs is 1. The predicted octanol–water partition coefficient (Wildman–Crippen LogP) is 3.02. The molecule has 0 bridgehead atoms. The van der Waals surface area contributed by atoms with Crippen molar-refractivity contribution in [3.63, 3.8) is 0 Å². The van der Waals surface area contributed by atoms with Crippen molar-refractivity contribution in [3.8, 4) is 6.07 Å². The van der Waals surface area contributed by atoms with Gasteiger partial charge in [0.1, 0.15) is 0 Å². The van der Waals surface area contributed by atoms with Crippen LogP contribution in [0.3, 0.4) is 0 Å². The lowest BCUT2D eigenvalue weighted by atomic mass is 10.1.